The smallest absolute Gasteiger partial charge is 0.303 e. The first-order valence-corrected chi connectivity index (χ1v) is 9.70. The van der Waals surface area contributed by atoms with E-state index in [4.69, 9.17) is 5.11 Å². The quantitative estimate of drug-likeness (QED) is 0.302. The summed E-state index contributed by atoms with van der Waals surface area (Å²) < 4.78 is 0. The van der Waals surface area contributed by atoms with Crippen LogP contribution in [-0.2, 0) is 4.79 Å². The van der Waals surface area contributed by atoms with E-state index in [-0.39, 0.29) is 25.0 Å². The molecule has 0 heterocycles. The molecule has 0 aliphatic rings. The summed E-state index contributed by atoms with van der Waals surface area (Å²) in [5.74, 6) is -0.682. The Balaban J connectivity index is 3.86. The molecule has 0 amide bonds. The van der Waals surface area contributed by atoms with Crippen molar-refractivity contribution >= 4 is 5.97 Å². The maximum absolute atomic E-state index is 10.4. The molecule has 0 aromatic heterocycles. The van der Waals surface area contributed by atoms with E-state index in [9.17, 15) is 20.1 Å². The zero-order valence-corrected chi connectivity index (χ0v) is 15.3. The van der Waals surface area contributed by atoms with E-state index in [1.165, 1.54) is 0 Å². The van der Waals surface area contributed by atoms with E-state index < -0.39 is 12.1 Å². The summed E-state index contributed by atoms with van der Waals surface area (Å²) in [6.45, 7) is 1.93. The van der Waals surface area contributed by atoms with Gasteiger partial charge in [-0.2, -0.15) is 0 Å². The third-order valence-electron chi connectivity index (χ3n) is 4.70. The van der Waals surface area contributed by atoms with Gasteiger partial charge in [0.25, 0.3) is 0 Å². The average Bonchev–Trinajstić information content (AvgIpc) is 2.55. The van der Waals surface area contributed by atoms with E-state index >= 15 is 0 Å². The summed E-state index contributed by atoms with van der Waals surface area (Å²) in [5, 5.41) is 37.7. The Hall–Kier alpha value is -0.650. The number of carboxylic acids is 1. The van der Waals surface area contributed by atoms with Gasteiger partial charge in [-0.25, -0.2) is 0 Å². The minimum Gasteiger partial charge on any atom is -0.481 e. The molecular formula is C19H38O5. The van der Waals surface area contributed by atoms with Gasteiger partial charge in [0.1, 0.15) is 0 Å². The second kappa shape index (κ2) is 15.9. The van der Waals surface area contributed by atoms with Crippen LogP contribution in [0, 0.1) is 5.92 Å². The maximum atomic E-state index is 10.4. The van der Waals surface area contributed by atoms with E-state index in [0.717, 1.165) is 70.6 Å². The van der Waals surface area contributed by atoms with Crippen molar-refractivity contribution in [2.45, 2.75) is 103 Å². The molecule has 0 saturated carbocycles. The van der Waals surface area contributed by atoms with Gasteiger partial charge in [0.05, 0.1) is 18.8 Å². The highest BCUT2D eigenvalue weighted by Gasteiger charge is 2.18. The summed E-state index contributed by atoms with van der Waals surface area (Å²) in [7, 11) is 0. The van der Waals surface area contributed by atoms with Crippen molar-refractivity contribution in [3.8, 4) is 0 Å². The van der Waals surface area contributed by atoms with Crippen molar-refractivity contribution in [2.24, 2.45) is 5.92 Å². The zero-order chi connectivity index (χ0) is 18.2. The van der Waals surface area contributed by atoms with Gasteiger partial charge in [-0.15, -0.1) is 0 Å². The molecule has 4 N–H and O–H groups in total. The van der Waals surface area contributed by atoms with E-state index in [0.29, 0.717) is 6.42 Å². The van der Waals surface area contributed by atoms with Gasteiger partial charge < -0.3 is 20.4 Å². The van der Waals surface area contributed by atoms with Gasteiger partial charge in [0, 0.05) is 6.42 Å². The van der Waals surface area contributed by atoms with Gasteiger partial charge in [-0.05, 0) is 38.0 Å². The zero-order valence-electron chi connectivity index (χ0n) is 15.3. The van der Waals surface area contributed by atoms with Crippen molar-refractivity contribution in [3.05, 3.63) is 0 Å². The molecule has 0 fully saturated rings. The fourth-order valence-corrected chi connectivity index (χ4v) is 3.10. The lowest BCUT2D eigenvalue weighted by Gasteiger charge is -2.22. The maximum Gasteiger partial charge on any atom is 0.303 e. The number of hydrogen-bond donors (Lipinski definition) is 4. The highest BCUT2D eigenvalue weighted by molar-refractivity contribution is 5.66. The van der Waals surface area contributed by atoms with Crippen LogP contribution in [0.5, 0.6) is 0 Å². The van der Waals surface area contributed by atoms with E-state index in [1.54, 1.807) is 0 Å². The summed E-state index contributed by atoms with van der Waals surface area (Å²) in [6.07, 6.45) is 10.3. The van der Waals surface area contributed by atoms with Crippen molar-refractivity contribution < 1.29 is 25.2 Å². The van der Waals surface area contributed by atoms with Crippen molar-refractivity contribution in [1.82, 2.24) is 0 Å². The average molecular weight is 347 g/mol. The SMILES string of the molecule is CCCCCC(O)CCCC(CCCCCCC(=O)O)C(O)CO. The predicted octanol–water partition coefficient (Wildman–Crippen LogP) is 3.49. The number of aliphatic carboxylic acids is 1. The second-order valence-electron chi connectivity index (χ2n) is 6.94. The second-order valence-corrected chi connectivity index (χ2v) is 6.94. The Morgan fingerprint density at radius 1 is 0.833 bits per heavy atom. The van der Waals surface area contributed by atoms with E-state index in [2.05, 4.69) is 6.92 Å². The Morgan fingerprint density at radius 2 is 1.42 bits per heavy atom. The van der Waals surface area contributed by atoms with Crippen LogP contribution in [0.15, 0.2) is 0 Å². The highest BCUT2D eigenvalue weighted by atomic mass is 16.4. The Kier molecular flexibility index (Phi) is 15.4. The van der Waals surface area contributed by atoms with Crippen LogP contribution in [0.25, 0.3) is 0 Å². The lowest BCUT2D eigenvalue weighted by Crippen LogP contribution is -2.24. The number of aliphatic hydroxyl groups excluding tert-OH is 3. The van der Waals surface area contributed by atoms with E-state index in [1.807, 2.05) is 0 Å². The summed E-state index contributed by atoms with van der Waals surface area (Å²) >= 11 is 0. The molecule has 0 aromatic rings. The first-order chi connectivity index (χ1) is 11.5. The molecule has 0 aliphatic heterocycles. The van der Waals surface area contributed by atoms with Crippen LogP contribution in [0.3, 0.4) is 0 Å². The summed E-state index contributed by atoms with van der Waals surface area (Å²) in [4.78, 5) is 10.4. The number of carbonyl (C=O) groups is 1. The standard InChI is InChI=1S/C19H38O5/c1-2-3-6-12-17(21)13-9-11-16(18(22)15-20)10-7-4-5-8-14-19(23)24/h16-18,20-22H,2-15H2,1H3,(H,23,24). The van der Waals surface area contributed by atoms with Gasteiger partial charge in [-0.1, -0.05) is 51.9 Å². The molecular weight excluding hydrogens is 308 g/mol. The molecule has 3 unspecified atom stereocenters. The van der Waals surface area contributed by atoms with Crippen molar-refractivity contribution in [3.63, 3.8) is 0 Å². The lowest BCUT2D eigenvalue weighted by molar-refractivity contribution is -0.137. The Morgan fingerprint density at radius 3 is 2.04 bits per heavy atom. The molecule has 0 saturated heterocycles. The molecule has 24 heavy (non-hydrogen) atoms. The molecule has 0 spiro atoms. The van der Waals surface area contributed by atoms with Crippen molar-refractivity contribution in [1.29, 1.82) is 0 Å². The Labute approximate surface area is 147 Å². The molecule has 5 nitrogen and oxygen atoms in total. The molecule has 0 rings (SSSR count). The molecule has 5 heteroatoms. The van der Waals surface area contributed by atoms with Gasteiger partial charge in [-0.3, -0.25) is 4.79 Å². The molecule has 144 valence electrons. The molecule has 0 aromatic carbocycles. The van der Waals surface area contributed by atoms with Crippen LogP contribution in [0.2, 0.25) is 0 Å². The fraction of sp³-hybridized carbons (Fsp3) is 0.947. The lowest BCUT2D eigenvalue weighted by atomic mass is 9.89. The topological polar surface area (TPSA) is 98.0 Å². The first kappa shape index (κ1) is 23.4. The normalized spacial score (nSPS) is 15.2. The largest absolute Gasteiger partial charge is 0.481 e. The van der Waals surface area contributed by atoms with Crippen LogP contribution in [0.4, 0.5) is 0 Å². The highest BCUT2D eigenvalue weighted by Crippen LogP contribution is 2.22. The molecule has 0 aliphatic carbocycles. The minimum absolute atomic E-state index is 0.0670. The predicted molar refractivity (Wildman–Crippen MR) is 95.9 cm³/mol. The third kappa shape index (κ3) is 13.8. The van der Waals surface area contributed by atoms with Crippen LogP contribution >= 0.6 is 0 Å². The molecule has 0 bridgehead atoms. The van der Waals surface area contributed by atoms with Crippen LogP contribution < -0.4 is 0 Å². The fourth-order valence-electron chi connectivity index (χ4n) is 3.10. The molecule has 0 radical (unpaired) electrons. The number of rotatable bonds is 17. The summed E-state index contributed by atoms with van der Waals surface area (Å²) in [5.41, 5.74) is 0. The van der Waals surface area contributed by atoms with Gasteiger partial charge in [0.15, 0.2) is 0 Å². The summed E-state index contributed by atoms with van der Waals surface area (Å²) in [6, 6.07) is 0. The van der Waals surface area contributed by atoms with Crippen molar-refractivity contribution in [2.75, 3.05) is 6.61 Å². The number of carboxylic acid groups (broad SMARTS) is 1. The monoisotopic (exact) mass is 346 g/mol. The first-order valence-electron chi connectivity index (χ1n) is 9.70. The Bertz CT molecular complexity index is 295. The van der Waals surface area contributed by atoms with Gasteiger partial charge in [0.2, 0.25) is 0 Å². The number of unbranched alkanes of at least 4 members (excludes halogenated alkanes) is 5. The minimum atomic E-state index is -0.749. The third-order valence-corrected chi connectivity index (χ3v) is 4.70. The van der Waals surface area contributed by atoms with Crippen LogP contribution in [0.1, 0.15) is 90.4 Å². The van der Waals surface area contributed by atoms with Gasteiger partial charge >= 0.3 is 5.97 Å². The number of hydrogen-bond acceptors (Lipinski definition) is 4. The molecule has 3 atom stereocenters. The number of aliphatic hydroxyl groups is 3. The van der Waals surface area contributed by atoms with Crippen LogP contribution in [-0.4, -0.2) is 45.2 Å².